The van der Waals surface area contributed by atoms with Crippen molar-refractivity contribution < 1.29 is 18.3 Å². The Labute approximate surface area is 118 Å². The molecule has 2 aromatic rings. The third-order valence-electron chi connectivity index (χ3n) is 2.52. The van der Waals surface area contributed by atoms with E-state index in [2.05, 4.69) is 15.0 Å². The summed E-state index contributed by atoms with van der Waals surface area (Å²) in [5.74, 6) is -0.440. The van der Waals surface area contributed by atoms with E-state index in [9.17, 15) is 13.6 Å². The number of nitrogens with two attached hydrogens (primary N) is 2. The minimum atomic E-state index is -2.89. The first-order valence-corrected chi connectivity index (χ1v) is 5.83. The number of pyridine rings is 1. The molecule has 1 aromatic heterocycles. The van der Waals surface area contributed by atoms with Crippen LogP contribution in [0.25, 0.3) is 0 Å². The van der Waals surface area contributed by atoms with Gasteiger partial charge < -0.3 is 21.5 Å². The summed E-state index contributed by atoms with van der Waals surface area (Å²) >= 11 is 0. The minimum Gasteiger partial charge on any atom is -0.435 e. The van der Waals surface area contributed by atoms with Gasteiger partial charge in [0.2, 0.25) is 0 Å². The second-order valence-electron chi connectivity index (χ2n) is 4.06. The number of rotatable bonds is 5. The molecule has 0 aliphatic rings. The first kappa shape index (κ1) is 14.5. The van der Waals surface area contributed by atoms with E-state index in [-0.39, 0.29) is 17.1 Å². The summed E-state index contributed by atoms with van der Waals surface area (Å²) in [5.41, 5.74) is 11.7. The van der Waals surface area contributed by atoms with Crippen LogP contribution in [0, 0.1) is 0 Å². The maximum atomic E-state index is 12.0. The second kappa shape index (κ2) is 6.04. The SMILES string of the molecule is NC(=O)c1cc(N)cnc1Nc1ccc(OC(F)F)cc1. The lowest BCUT2D eigenvalue weighted by Gasteiger charge is -2.10. The van der Waals surface area contributed by atoms with Gasteiger partial charge in [0.25, 0.3) is 5.91 Å². The predicted octanol–water partition coefficient (Wildman–Crippen LogP) is 2.11. The van der Waals surface area contributed by atoms with Crippen LogP contribution < -0.4 is 21.5 Å². The van der Waals surface area contributed by atoms with Crippen molar-refractivity contribution >= 4 is 23.1 Å². The molecule has 5 N–H and O–H groups in total. The van der Waals surface area contributed by atoms with E-state index in [1.807, 2.05) is 0 Å². The molecule has 0 unspecified atom stereocenters. The fraction of sp³-hybridized carbons (Fsp3) is 0.0769. The molecule has 0 radical (unpaired) electrons. The van der Waals surface area contributed by atoms with Crippen LogP contribution in [0.3, 0.4) is 0 Å². The van der Waals surface area contributed by atoms with Gasteiger partial charge >= 0.3 is 6.61 Å². The Kier molecular flexibility index (Phi) is 4.17. The maximum absolute atomic E-state index is 12.0. The van der Waals surface area contributed by atoms with Crippen LogP contribution >= 0.6 is 0 Å². The number of aromatic nitrogens is 1. The number of carbonyl (C=O) groups is 1. The molecule has 1 heterocycles. The first-order valence-electron chi connectivity index (χ1n) is 5.83. The lowest BCUT2D eigenvalue weighted by atomic mass is 10.2. The van der Waals surface area contributed by atoms with Gasteiger partial charge in [-0.1, -0.05) is 0 Å². The minimum absolute atomic E-state index is 0.0240. The summed E-state index contributed by atoms with van der Waals surface area (Å²) in [7, 11) is 0. The number of anilines is 3. The lowest BCUT2D eigenvalue weighted by molar-refractivity contribution is -0.0498. The molecule has 0 fully saturated rings. The van der Waals surface area contributed by atoms with Crippen LogP contribution in [0.4, 0.5) is 26.0 Å². The van der Waals surface area contributed by atoms with E-state index in [0.717, 1.165) is 0 Å². The van der Waals surface area contributed by atoms with E-state index in [0.29, 0.717) is 11.4 Å². The molecular weight excluding hydrogens is 282 g/mol. The van der Waals surface area contributed by atoms with Gasteiger partial charge in [-0.05, 0) is 30.3 Å². The number of hydrogen-bond acceptors (Lipinski definition) is 5. The molecule has 0 aliphatic carbocycles. The van der Waals surface area contributed by atoms with Gasteiger partial charge in [-0.2, -0.15) is 8.78 Å². The van der Waals surface area contributed by atoms with Crippen molar-refractivity contribution in [2.24, 2.45) is 5.73 Å². The zero-order valence-corrected chi connectivity index (χ0v) is 10.7. The third kappa shape index (κ3) is 3.78. The van der Waals surface area contributed by atoms with E-state index < -0.39 is 12.5 Å². The van der Waals surface area contributed by atoms with Crippen molar-refractivity contribution in [1.29, 1.82) is 0 Å². The second-order valence-corrected chi connectivity index (χ2v) is 4.06. The standard InChI is InChI=1S/C13H12F2N4O2/c14-13(15)21-9-3-1-8(2-4-9)19-12-10(11(17)20)5-7(16)6-18-12/h1-6,13H,16H2,(H2,17,20)(H,18,19). The summed E-state index contributed by atoms with van der Waals surface area (Å²) in [4.78, 5) is 15.3. The van der Waals surface area contributed by atoms with Crippen LogP contribution in [0.1, 0.15) is 10.4 Å². The van der Waals surface area contributed by atoms with Gasteiger partial charge in [0.05, 0.1) is 17.4 Å². The number of amides is 1. The van der Waals surface area contributed by atoms with Gasteiger partial charge in [0, 0.05) is 5.69 Å². The number of hydrogen-bond donors (Lipinski definition) is 3. The monoisotopic (exact) mass is 294 g/mol. The molecule has 110 valence electrons. The Morgan fingerprint density at radius 3 is 2.52 bits per heavy atom. The molecule has 8 heteroatoms. The number of carbonyl (C=O) groups excluding carboxylic acids is 1. The van der Waals surface area contributed by atoms with Crippen molar-refractivity contribution in [3.8, 4) is 5.75 Å². The highest BCUT2D eigenvalue weighted by Crippen LogP contribution is 2.23. The molecule has 0 aliphatic heterocycles. The van der Waals surface area contributed by atoms with Gasteiger partial charge in [0.1, 0.15) is 11.6 Å². The number of nitrogen functional groups attached to an aromatic ring is 1. The number of primary amides is 1. The normalized spacial score (nSPS) is 10.4. The summed E-state index contributed by atoms with van der Waals surface area (Å²) in [5, 5.41) is 2.85. The molecular formula is C13H12F2N4O2. The van der Waals surface area contributed by atoms with Crippen molar-refractivity contribution in [2.45, 2.75) is 6.61 Å². The molecule has 0 spiro atoms. The van der Waals surface area contributed by atoms with Crippen LogP contribution in [0.2, 0.25) is 0 Å². The average molecular weight is 294 g/mol. The van der Waals surface area contributed by atoms with E-state index in [1.165, 1.54) is 36.5 Å². The van der Waals surface area contributed by atoms with Crippen molar-refractivity contribution in [3.63, 3.8) is 0 Å². The van der Waals surface area contributed by atoms with E-state index in [1.54, 1.807) is 0 Å². The van der Waals surface area contributed by atoms with Crippen LogP contribution in [0.15, 0.2) is 36.5 Å². The van der Waals surface area contributed by atoms with Crippen LogP contribution in [-0.2, 0) is 0 Å². The molecule has 0 saturated carbocycles. The van der Waals surface area contributed by atoms with Gasteiger partial charge in [-0.3, -0.25) is 4.79 Å². The molecule has 21 heavy (non-hydrogen) atoms. The molecule has 0 atom stereocenters. The largest absolute Gasteiger partial charge is 0.435 e. The molecule has 6 nitrogen and oxygen atoms in total. The molecule has 0 bridgehead atoms. The number of nitrogens with zero attached hydrogens (tertiary/aromatic N) is 1. The Balaban J connectivity index is 2.20. The average Bonchev–Trinajstić information content (AvgIpc) is 2.42. The van der Waals surface area contributed by atoms with Crippen LogP contribution in [0.5, 0.6) is 5.75 Å². The topological polar surface area (TPSA) is 103 Å². The van der Waals surface area contributed by atoms with Crippen molar-refractivity contribution in [1.82, 2.24) is 4.98 Å². The predicted molar refractivity (Wildman–Crippen MR) is 73.5 cm³/mol. The van der Waals surface area contributed by atoms with E-state index >= 15 is 0 Å². The zero-order valence-electron chi connectivity index (χ0n) is 10.7. The van der Waals surface area contributed by atoms with Gasteiger partial charge in [-0.25, -0.2) is 4.98 Å². The Bertz CT molecular complexity index is 647. The highest BCUT2D eigenvalue weighted by molar-refractivity contribution is 5.99. The van der Waals surface area contributed by atoms with E-state index in [4.69, 9.17) is 11.5 Å². The zero-order chi connectivity index (χ0) is 15.4. The fourth-order valence-electron chi connectivity index (χ4n) is 1.62. The van der Waals surface area contributed by atoms with Crippen molar-refractivity contribution in [2.75, 3.05) is 11.1 Å². The number of halogens is 2. The Morgan fingerprint density at radius 1 is 1.29 bits per heavy atom. The highest BCUT2D eigenvalue weighted by Gasteiger charge is 2.11. The fourth-order valence-corrected chi connectivity index (χ4v) is 1.62. The third-order valence-corrected chi connectivity index (χ3v) is 2.52. The molecule has 1 amide bonds. The summed E-state index contributed by atoms with van der Waals surface area (Å²) in [6.45, 7) is -2.89. The number of nitrogens with one attached hydrogen (secondary N) is 1. The molecule has 1 aromatic carbocycles. The highest BCUT2D eigenvalue weighted by atomic mass is 19.3. The molecule has 2 rings (SSSR count). The maximum Gasteiger partial charge on any atom is 0.387 e. The number of ether oxygens (including phenoxy) is 1. The summed E-state index contributed by atoms with van der Waals surface area (Å²) < 4.78 is 28.3. The van der Waals surface area contributed by atoms with Gasteiger partial charge in [0.15, 0.2) is 0 Å². The smallest absolute Gasteiger partial charge is 0.387 e. The van der Waals surface area contributed by atoms with Gasteiger partial charge in [-0.15, -0.1) is 0 Å². The summed E-state index contributed by atoms with van der Waals surface area (Å²) in [6.07, 6.45) is 1.36. The Morgan fingerprint density at radius 2 is 1.95 bits per heavy atom. The first-order chi connectivity index (χ1) is 9.95. The van der Waals surface area contributed by atoms with Crippen molar-refractivity contribution in [3.05, 3.63) is 42.1 Å². The number of alkyl halides is 2. The number of benzene rings is 1. The lowest BCUT2D eigenvalue weighted by Crippen LogP contribution is -2.14. The summed E-state index contributed by atoms with van der Waals surface area (Å²) in [6, 6.07) is 7.11. The quantitative estimate of drug-likeness (QED) is 0.783. The Hall–Kier alpha value is -2.90. The molecule has 0 saturated heterocycles. The van der Waals surface area contributed by atoms with Crippen LogP contribution in [-0.4, -0.2) is 17.5 Å².